The Kier molecular flexibility index (Phi) is 3.61. The molecule has 1 aromatic heterocycles. The average molecular weight is 317 g/mol. The highest BCUT2D eigenvalue weighted by Gasteiger charge is 2.09. The van der Waals surface area contributed by atoms with E-state index in [4.69, 9.17) is 4.55 Å². The van der Waals surface area contributed by atoms with E-state index in [0.29, 0.717) is 5.69 Å². The maximum absolute atomic E-state index is 10.6. The first-order valence-corrected chi connectivity index (χ1v) is 7.63. The Morgan fingerprint density at radius 3 is 2.32 bits per heavy atom. The van der Waals surface area contributed by atoms with Crippen LogP contribution in [0.3, 0.4) is 0 Å². The zero-order chi connectivity index (χ0) is 15.6. The number of para-hydroxylation sites is 1. The molecule has 3 aromatic rings. The number of rotatable bonds is 4. The van der Waals surface area contributed by atoms with Gasteiger partial charge in [0.1, 0.15) is 11.4 Å². The summed E-state index contributed by atoms with van der Waals surface area (Å²) in [5, 5.41) is 8.12. The van der Waals surface area contributed by atoms with Gasteiger partial charge in [0.2, 0.25) is 0 Å². The third-order valence-electron chi connectivity index (χ3n) is 2.87. The Balaban J connectivity index is 1.85. The van der Waals surface area contributed by atoms with Crippen LogP contribution in [0, 0.1) is 0 Å². The maximum atomic E-state index is 10.6. The summed E-state index contributed by atoms with van der Waals surface area (Å²) in [6.45, 7) is 0. The Labute approximate surface area is 126 Å². The van der Waals surface area contributed by atoms with Crippen LogP contribution < -0.4 is 4.18 Å². The van der Waals surface area contributed by atoms with Gasteiger partial charge in [-0.1, -0.05) is 23.4 Å². The summed E-state index contributed by atoms with van der Waals surface area (Å²) in [4.78, 5) is 0. The van der Waals surface area contributed by atoms with Crippen molar-refractivity contribution in [2.75, 3.05) is 0 Å². The molecule has 0 saturated heterocycles. The minimum atomic E-state index is -4.52. The lowest BCUT2D eigenvalue weighted by molar-refractivity contribution is 0.387. The van der Waals surface area contributed by atoms with Crippen LogP contribution >= 0.6 is 0 Å². The molecule has 1 N–H and O–H groups in total. The number of hydrogen-bond donors (Lipinski definition) is 1. The van der Waals surface area contributed by atoms with E-state index in [1.807, 2.05) is 30.3 Å². The third-order valence-corrected chi connectivity index (χ3v) is 3.27. The van der Waals surface area contributed by atoms with Crippen LogP contribution in [0.4, 0.5) is 0 Å². The molecule has 3 rings (SSSR count). The molecule has 0 spiro atoms. The van der Waals surface area contributed by atoms with Gasteiger partial charge in [-0.2, -0.15) is 8.42 Å². The van der Waals surface area contributed by atoms with Crippen LogP contribution in [0.15, 0.2) is 60.8 Å². The Bertz CT molecular complexity index is 874. The fourth-order valence-electron chi connectivity index (χ4n) is 1.91. The van der Waals surface area contributed by atoms with Crippen LogP contribution in [0.1, 0.15) is 0 Å². The molecule has 0 radical (unpaired) electrons. The molecule has 22 heavy (non-hydrogen) atoms. The van der Waals surface area contributed by atoms with Crippen molar-refractivity contribution >= 4 is 10.4 Å². The highest BCUT2D eigenvalue weighted by atomic mass is 32.3. The summed E-state index contributed by atoms with van der Waals surface area (Å²) in [5.74, 6) is 0.0155. The molecule has 0 aliphatic rings. The van der Waals surface area contributed by atoms with E-state index in [1.165, 1.54) is 12.1 Å². The first-order valence-electron chi connectivity index (χ1n) is 6.26. The summed E-state index contributed by atoms with van der Waals surface area (Å²) in [6.07, 6.45) is 1.76. The standard InChI is InChI=1S/C14H11N3O4S/c18-22(19,20)21-13-8-6-11(7-9-13)14-10-17(16-15-14)12-4-2-1-3-5-12/h1-10H,(H,18,19,20). The lowest BCUT2D eigenvalue weighted by Gasteiger charge is -2.01. The van der Waals surface area contributed by atoms with E-state index in [0.717, 1.165) is 11.3 Å². The zero-order valence-electron chi connectivity index (χ0n) is 11.2. The molecule has 0 fully saturated rings. The topological polar surface area (TPSA) is 94.3 Å². The summed E-state index contributed by atoms with van der Waals surface area (Å²) in [7, 11) is -4.52. The van der Waals surface area contributed by atoms with Crippen molar-refractivity contribution in [3.63, 3.8) is 0 Å². The molecule has 0 unspecified atom stereocenters. The van der Waals surface area contributed by atoms with Crippen molar-refractivity contribution in [1.29, 1.82) is 0 Å². The molecule has 0 atom stereocenters. The highest BCUT2D eigenvalue weighted by molar-refractivity contribution is 7.81. The molecule has 0 bridgehead atoms. The van der Waals surface area contributed by atoms with E-state index in [1.54, 1.807) is 23.0 Å². The smallest absolute Gasteiger partial charge is 0.362 e. The largest absolute Gasteiger partial charge is 0.446 e. The van der Waals surface area contributed by atoms with Crippen molar-refractivity contribution < 1.29 is 17.2 Å². The zero-order valence-corrected chi connectivity index (χ0v) is 12.0. The van der Waals surface area contributed by atoms with E-state index >= 15 is 0 Å². The van der Waals surface area contributed by atoms with Gasteiger partial charge in [0, 0.05) is 5.56 Å². The van der Waals surface area contributed by atoms with Gasteiger partial charge in [0.05, 0.1) is 11.9 Å². The first-order chi connectivity index (χ1) is 10.5. The predicted molar refractivity (Wildman–Crippen MR) is 79.0 cm³/mol. The van der Waals surface area contributed by atoms with Crippen molar-refractivity contribution in [3.05, 3.63) is 60.8 Å². The lowest BCUT2D eigenvalue weighted by atomic mass is 10.2. The number of aromatic nitrogens is 3. The fourth-order valence-corrected chi connectivity index (χ4v) is 2.26. The predicted octanol–water partition coefficient (Wildman–Crippen LogP) is 2.12. The Hall–Kier alpha value is -2.71. The first kappa shape index (κ1) is 14.2. The van der Waals surface area contributed by atoms with E-state index in [9.17, 15) is 8.42 Å². The van der Waals surface area contributed by atoms with Gasteiger partial charge in [-0.05, 0) is 36.4 Å². The number of hydrogen-bond acceptors (Lipinski definition) is 5. The maximum Gasteiger partial charge on any atom is 0.446 e. The highest BCUT2D eigenvalue weighted by Crippen LogP contribution is 2.21. The molecule has 0 saturated carbocycles. The minimum Gasteiger partial charge on any atom is -0.362 e. The van der Waals surface area contributed by atoms with E-state index in [2.05, 4.69) is 14.5 Å². The molecule has 2 aromatic carbocycles. The van der Waals surface area contributed by atoms with Crippen LogP contribution in [0.25, 0.3) is 16.9 Å². The van der Waals surface area contributed by atoms with Crippen LogP contribution in [0.2, 0.25) is 0 Å². The lowest BCUT2D eigenvalue weighted by Crippen LogP contribution is -2.06. The molecule has 0 aliphatic carbocycles. The van der Waals surface area contributed by atoms with Gasteiger partial charge in [0.25, 0.3) is 0 Å². The fraction of sp³-hybridized carbons (Fsp3) is 0. The average Bonchev–Trinajstić information content (AvgIpc) is 2.97. The van der Waals surface area contributed by atoms with Crippen LogP contribution in [-0.4, -0.2) is 28.0 Å². The van der Waals surface area contributed by atoms with Crippen molar-refractivity contribution in [2.24, 2.45) is 0 Å². The Morgan fingerprint density at radius 2 is 1.68 bits per heavy atom. The van der Waals surface area contributed by atoms with Gasteiger partial charge in [-0.15, -0.1) is 5.10 Å². The SMILES string of the molecule is O=S(=O)(O)Oc1ccc(-c2cn(-c3ccccc3)nn2)cc1. The summed E-state index contributed by atoms with van der Waals surface area (Å²) < 4.78 is 35.8. The van der Waals surface area contributed by atoms with E-state index in [-0.39, 0.29) is 5.75 Å². The monoisotopic (exact) mass is 317 g/mol. The van der Waals surface area contributed by atoms with E-state index < -0.39 is 10.4 Å². The number of nitrogens with zero attached hydrogens (tertiary/aromatic N) is 3. The van der Waals surface area contributed by atoms with Crippen molar-refractivity contribution in [1.82, 2.24) is 15.0 Å². The molecule has 0 aliphatic heterocycles. The Morgan fingerprint density at radius 1 is 1.00 bits per heavy atom. The molecule has 0 amide bonds. The third kappa shape index (κ3) is 3.30. The van der Waals surface area contributed by atoms with Crippen LogP contribution in [0.5, 0.6) is 5.75 Å². The molecular weight excluding hydrogens is 306 g/mol. The summed E-state index contributed by atoms with van der Waals surface area (Å²) >= 11 is 0. The quantitative estimate of drug-likeness (QED) is 0.741. The van der Waals surface area contributed by atoms with Gasteiger partial charge >= 0.3 is 10.4 Å². The van der Waals surface area contributed by atoms with Crippen molar-refractivity contribution in [2.45, 2.75) is 0 Å². The second-order valence-corrected chi connectivity index (χ2v) is 5.44. The minimum absolute atomic E-state index is 0.0155. The summed E-state index contributed by atoms with van der Waals surface area (Å²) in [6, 6.07) is 15.6. The molecule has 1 heterocycles. The van der Waals surface area contributed by atoms with Gasteiger partial charge in [0.15, 0.2) is 0 Å². The molecule has 8 heteroatoms. The van der Waals surface area contributed by atoms with Crippen LogP contribution in [-0.2, 0) is 10.4 Å². The number of benzene rings is 2. The van der Waals surface area contributed by atoms with Gasteiger partial charge in [-0.25, -0.2) is 4.68 Å². The van der Waals surface area contributed by atoms with Gasteiger partial charge in [-0.3, -0.25) is 4.55 Å². The summed E-state index contributed by atoms with van der Waals surface area (Å²) in [5.41, 5.74) is 2.25. The van der Waals surface area contributed by atoms with Crippen molar-refractivity contribution in [3.8, 4) is 22.7 Å². The normalized spacial score (nSPS) is 11.3. The second kappa shape index (κ2) is 5.58. The molecule has 112 valence electrons. The van der Waals surface area contributed by atoms with Gasteiger partial charge < -0.3 is 4.18 Å². The molecular formula is C14H11N3O4S. The second-order valence-electron chi connectivity index (χ2n) is 4.42. The molecule has 7 nitrogen and oxygen atoms in total.